The highest BCUT2D eigenvalue weighted by Crippen LogP contribution is 2.35. The van der Waals surface area contributed by atoms with E-state index in [-0.39, 0.29) is 5.97 Å². The zero-order chi connectivity index (χ0) is 17.7. The minimum Gasteiger partial charge on any atom is -0.426 e. The molecule has 1 heterocycles. The number of hydrogen-bond acceptors (Lipinski definition) is 3. The fourth-order valence-electron chi connectivity index (χ4n) is 2.67. The number of nitrogens with zero attached hydrogens (tertiary/aromatic N) is 1. The molecule has 0 aliphatic rings. The number of hydrogen-bond donors (Lipinski definition) is 1. The minimum absolute atomic E-state index is 0.133. The van der Waals surface area contributed by atoms with Crippen LogP contribution in [0, 0.1) is 0 Å². The Bertz CT molecular complexity index is 686. The summed E-state index contributed by atoms with van der Waals surface area (Å²) in [7, 11) is 3.57. The van der Waals surface area contributed by atoms with E-state index in [2.05, 4.69) is 42.7 Å². The Morgan fingerprint density at radius 2 is 2.00 bits per heavy atom. The summed E-state index contributed by atoms with van der Waals surface area (Å²) in [5.41, 5.74) is 2.22. The van der Waals surface area contributed by atoms with Gasteiger partial charge in [-0.05, 0) is 69.2 Å². The number of carbonyl (C=O) groups excluding carboxylic acids is 1. The molecule has 0 aliphatic heterocycles. The van der Waals surface area contributed by atoms with Gasteiger partial charge >= 0.3 is 5.97 Å². The molecule has 134 valence electrons. The number of nitrogens with one attached hydrogen (secondary N) is 1. The highest BCUT2D eigenvalue weighted by Gasteiger charge is 2.14. The third kappa shape index (κ3) is 5.56. The SMILES string of the molecule is CN(C)CCc1c[nH]c2cccc(OC(=O)CCCS(C)(C)C)c12. The molecule has 0 unspecified atom stereocenters. The Labute approximate surface area is 146 Å². The number of aromatic nitrogens is 1. The van der Waals surface area contributed by atoms with Crippen molar-refractivity contribution in [1.82, 2.24) is 9.88 Å². The van der Waals surface area contributed by atoms with E-state index >= 15 is 0 Å². The fraction of sp³-hybridized carbons (Fsp3) is 0.526. The van der Waals surface area contributed by atoms with E-state index in [4.69, 9.17) is 4.74 Å². The van der Waals surface area contributed by atoms with Crippen LogP contribution in [-0.2, 0) is 11.2 Å². The van der Waals surface area contributed by atoms with E-state index in [0.29, 0.717) is 12.2 Å². The first-order chi connectivity index (χ1) is 11.3. The zero-order valence-electron chi connectivity index (χ0n) is 15.5. The number of ether oxygens (including phenoxy) is 1. The molecule has 4 nitrogen and oxygen atoms in total. The highest BCUT2D eigenvalue weighted by atomic mass is 32.3. The van der Waals surface area contributed by atoms with Gasteiger partial charge in [0.25, 0.3) is 0 Å². The molecule has 0 atom stereocenters. The first kappa shape index (κ1) is 18.9. The average Bonchev–Trinajstić information content (AvgIpc) is 2.88. The van der Waals surface area contributed by atoms with Crippen molar-refractivity contribution in [2.45, 2.75) is 19.3 Å². The lowest BCUT2D eigenvalue weighted by Gasteiger charge is -2.24. The lowest BCUT2D eigenvalue weighted by molar-refractivity contribution is -0.134. The molecule has 0 amide bonds. The standard InChI is InChI=1S/C19H30N2O2S/c1-21(2)12-11-15-14-20-16-8-6-9-17(19(15)16)23-18(22)10-7-13-24(3,4)5/h6,8-9,14,20H,7,10-13H2,1-5H3. The van der Waals surface area contributed by atoms with Crippen LogP contribution >= 0.6 is 10.0 Å². The second-order valence-corrected chi connectivity index (χ2v) is 12.0. The number of aromatic amines is 1. The summed E-state index contributed by atoms with van der Waals surface area (Å²) in [6, 6.07) is 5.84. The van der Waals surface area contributed by atoms with Crippen molar-refractivity contribution in [2.24, 2.45) is 0 Å². The Hall–Kier alpha value is -1.46. The summed E-state index contributed by atoms with van der Waals surface area (Å²) < 4.78 is 5.68. The molecule has 0 saturated heterocycles. The quantitative estimate of drug-likeness (QED) is 0.584. The van der Waals surface area contributed by atoms with Crippen molar-refractivity contribution in [3.8, 4) is 5.75 Å². The Balaban J connectivity index is 2.08. The van der Waals surface area contributed by atoms with Crippen molar-refractivity contribution in [1.29, 1.82) is 0 Å². The molecule has 24 heavy (non-hydrogen) atoms. The topological polar surface area (TPSA) is 45.3 Å². The molecule has 0 saturated carbocycles. The number of likely N-dealkylation sites (N-methyl/N-ethyl adjacent to an activating group) is 1. The number of fused-ring (bicyclic) bond motifs is 1. The van der Waals surface area contributed by atoms with Crippen molar-refractivity contribution in [2.75, 3.05) is 45.2 Å². The predicted octanol–water partition coefficient (Wildman–Crippen LogP) is 3.65. The summed E-state index contributed by atoms with van der Waals surface area (Å²) in [4.78, 5) is 17.6. The summed E-state index contributed by atoms with van der Waals surface area (Å²) in [6.45, 7) is 0.962. The Morgan fingerprint density at radius 1 is 1.25 bits per heavy atom. The number of carbonyl (C=O) groups is 1. The van der Waals surface area contributed by atoms with Gasteiger partial charge in [-0.15, -0.1) is 0 Å². The molecule has 0 fully saturated rings. The molecule has 5 heteroatoms. The molecule has 0 spiro atoms. The van der Waals surface area contributed by atoms with Gasteiger partial charge in [0.05, 0.1) is 0 Å². The molecule has 0 radical (unpaired) electrons. The highest BCUT2D eigenvalue weighted by molar-refractivity contribution is 8.32. The number of H-pyrrole nitrogens is 1. The second-order valence-electron chi connectivity index (χ2n) is 7.42. The normalized spacial score (nSPS) is 12.8. The van der Waals surface area contributed by atoms with Gasteiger partial charge in [-0.25, -0.2) is 10.0 Å². The van der Waals surface area contributed by atoms with E-state index in [1.807, 2.05) is 24.4 Å². The van der Waals surface area contributed by atoms with Crippen LogP contribution in [0.5, 0.6) is 5.75 Å². The maximum absolute atomic E-state index is 12.2. The fourth-order valence-corrected chi connectivity index (χ4v) is 3.68. The van der Waals surface area contributed by atoms with Gasteiger partial charge in [-0.1, -0.05) is 6.07 Å². The summed E-state index contributed by atoms with van der Waals surface area (Å²) >= 11 is 0. The molecule has 1 N–H and O–H groups in total. The maximum atomic E-state index is 12.2. The van der Waals surface area contributed by atoms with Gasteiger partial charge in [0.2, 0.25) is 0 Å². The molecule has 1 aromatic heterocycles. The first-order valence-electron chi connectivity index (χ1n) is 8.36. The minimum atomic E-state index is -0.558. The molecule has 1 aromatic carbocycles. The third-order valence-corrected chi connectivity index (χ3v) is 5.45. The first-order valence-corrected chi connectivity index (χ1v) is 11.4. The smallest absolute Gasteiger partial charge is 0.311 e. The van der Waals surface area contributed by atoms with Crippen LogP contribution in [0.2, 0.25) is 0 Å². The van der Waals surface area contributed by atoms with Crippen LogP contribution in [0.15, 0.2) is 24.4 Å². The summed E-state index contributed by atoms with van der Waals surface area (Å²) in [5, 5.41) is 1.04. The van der Waals surface area contributed by atoms with Crippen molar-refractivity contribution < 1.29 is 9.53 Å². The number of benzene rings is 1. The lowest BCUT2D eigenvalue weighted by Crippen LogP contribution is -2.15. The van der Waals surface area contributed by atoms with E-state index in [1.165, 1.54) is 5.56 Å². The van der Waals surface area contributed by atoms with Gasteiger partial charge in [0.1, 0.15) is 5.75 Å². The number of esters is 1. The van der Waals surface area contributed by atoms with Crippen LogP contribution in [0.3, 0.4) is 0 Å². The molecular weight excluding hydrogens is 320 g/mol. The predicted molar refractivity (Wildman–Crippen MR) is 106 cm³/mol. The van der Waals surface area contributed by atoms with Crippen LogP contribution < -0.4 is 4.74 Å². The second kappa shape index (κ2) is 8.08. The van der Waals surface area contributed by atoms with Crippen molar-refractivity contribution >= 4 is 26.9 Å². The summed E-state index contributed by atoms with van der Waals surface area (Å²) in [5.74, 6) is 1.64. The van der Waals surface area contributed by atoms with Crippen molar-refractivity contribution in [3.63, 3.8) is 0 Å². The monoisotopic (exact) mass is 350 g/mol. The Morgan fingerprint density at radius 3 is 2.67 bits per heavy atom. The van der Waals surface area contributed by atoms with Crippen LogP contribution in [0.4, 0.5) is 0 Å². The van der Waals surface area contributed by atoms with Gasteiger partial charge in [-0.2, -0.15) is 0 Å². The van der Waals surface area contributed by atoms with Gasteiger partial charge in [0, 0.05) is 30.1 Å². The summed E-state index contributed by atoms with van der Waals surface area (Å²) in [6.07, 6.45) is 11.2. The van der Waals surface area contributed by atoms with Crippen LogP contribution in [0.25, 0.3) is 10.9 Å². The van der Waals surface area contributed by atoms with E-state index < -0.39 is 10.0 Å². The molecular formula is C19H30N2O2S. The van der Waals surface area contributed by atoms with Gasteiger partial charge < -0.3 is 14.6 Å². The maximum Gasteiger partial charge on any atom is 0.311 e. The molecule has 2 rings (SSSR count). The Kier molecular flexibility index (Phi) is 6.35. The number of rotatable bonds is 8. The van der Waals surface area contributed by atoms with Gasteiger partial charge in [0.15, 0.2) is 0 Å². The van der Waals surface area contributed by atoms with Gasteiger partial charge in [-0.3, -0.25) is 4.79 Å². The van der Waals surface area contributed by atoms with E-state index in [1.54, 1.807) is 0 Å². The average molecular weight is 351 g/mol. The zero-order valence-corrected chi connectivity index (χ0v) is 16.3. The van der Waals surface area contributed by atoms with E-state index in [0.717, 1.165) is 36.0 Å². The molecule has 0 bridgehead atoms. The van der Waals surface area contributed by atoms with E-state index in [9.17, 15) is 4.79 Å². The largest absolute Gasteiger partial charge is 0.426 e. The van der Waals surface area contributed by atoms with Crippen LogP contribution in [0.1, 0.15) is 18.4 Å². The molecule has 0 aliphatic carbocycles. The third-order valence-electron chi connectivity index (χ3n) is 3.94. The lowest BCUT2D eigenvalue weighted by atomic mass is 10.1. The van der Waals surface area contributed by atoms with Crippen molar-refractivity contribution in [3.05, 3.63) is 30.0 Å². The van der Waals surface area contributed by atoms with Crippen LogP contribution in [-0.4, -0.2) is 61.0 Å². The molecule has 2 aromatic rings.